The minimum atomic E-state index is -3.64. The molecule has 0 heterocycles. The number of hydrogen-bond acceptors (Lipinski definition) is 5. The number of nitro groups is 1. The van der Waals surface area contributed by atoms with Crippen LogP contribution in [-0.2, 0) is 10.0 Å². The van der Waals surface area contributed by atoms with Crippen LogP contribution in [0.3, 0.4) is 0 Å². The molecule has 0 unspecified atom stereocenters. The van der Waals surface area contributed by atoms with Gasteiger partial charge in [0.25, 0.3) is 15.7 Å². The number of nitrogens with zero attached hydrogens (tertiary/aromatic N) is 1. The Morgan fingerprint density at radius 2 is 1.37 bits per heavy atom. The molecule has 138 valence electrons. The first-order valence-corrected chi connectivity index (χ1v) is 10.3. The van der Waals surface area contributed by atoms with E-state index < -0.39 is 14.9 Å². The number of nitrogens with one attached hydrogen (secondary N) is 1. The van der Waals surface area contributed by atoms with Gasteiger partial charge in [-0.1, -0.05) is 29.5 Å². The van der Waals surface area contributed by atoms with Gasteiger partial charge in [0.2, 0.25) is 0 Å². The molecule has 3 aromatic carbocycles. The number of non-ortho nitro benzene ring substituents is 1. The molecule has 0 amide bonds. The third-order valence-electron chi connectivity index (χ3n) is 3.72. The fourth-order valence-corrected chi connectivity index (χ4v) is 4.17. The quantitative estimate of drug-likeness (QED) is 0.472. The number of aryl methyl sites for hydroxylation is 1. The van der Waals surface area contributed by atoms with Gasteiger partial charge in [0, 0.05) is 27.6 Å². The first kappa shape index (κ1) is 18.9. The van der Waals surface area contributed by atoms with Gasteiger partial charge in [-0.15, -0.1) is 0 Å². The van der Waals surface area contributed by atoms with Gasteiger partial charge >= 0.3 is 0 Å². The lowest BCUT2D eigenvalue weighted by atomic mass is 10.2. The summed E-state index contributed by atoms with van der Waals surface area (Å²) in [5.41, 5.74) is 1.49. The highest BCUT2D eigenvalue weighted by molar-refractivity contribution is 7.99. The Balaban J connectivity index is 1.69. The lowest BCUT2D eigenvalue weighted by Crippen LogP contribution is -2.12. The Morgan fingerprint density at radius 1 is 0.852 bits per heavy atom. The summed E-state index contributed by atoms with van der Waals surface area (Å²) >= 11 is 1.43. The maximum Gasteiger partial charge on any atom is 0.269 e. The number of rotatable bonds is 6. The highest BCUT2D eigenvalue weighted by Crippen LogP contribution is 2.30. The molecule has 0 aliphatic carbocycles. The van der Waals surface area contributed by atoms with Gasteiger partial charge in [-0.05, 0) is 55.5 Å². The van der Waals surface area contributed by atoms with E-state index in [9.17, 15) is 18.5 Å². The van der Waals surface area contributed by atoms with Crippen LogP contribution in [0, 0.1) is 17.0 Å². The molecule has 0 aliphatic heterocycles. The van der Waals surface area contributed by atoms with Crippen LogP contribution >= 0.6 is 11.8 Å². The monoisotopic (exact) mass is 400 g/mol. The van der Waals surface area contributed by atoms with E-state index in [2.05, 4.69) is 4.72 Å². The molecule has 27 heavy (non-hydrogen) atoms. The van der Waals surface area contributed by atoms with Crippen molar-refractivity contribution < 1.29 is 13.3 Å². The smallest absolute Gasteiger partial charge is 0.269 e. The number of anilines is 1. The largest absolute Gasteiger partial charge is 0.280 e. The van der Waals surface area contributed by atoms with Gasteiger partial charge in [-0.2, -0.15) is 0 Å². The van der Waals surface area contributed by atoms with Crippen LogP contribution < -0.4 is 4.72 Å². The maximum atomic E-state index is 12.4. The Morgan fingerprint density at radius 3 is 1.89 bits per heavy atom. The first-order chi connectivity index (χ1) is 12.8. The van der Waals surface area contributed by atoms with Crippen molar-refractivity contribution in [3.05, 3.63) is 88.5 Å². The molecule has 8 heteroatoms. The standard InChI is InChI=1S/C19H16N2O4S2/c1-14-2-12-19(13-3-14)27(24,25)20-15-4-8-17(9-5-15)26-18-10-6-16(7-11-18)21(22)23/h2-13,20H,1H3. The highest BCUT2D eigenvalue weighted by atomic mass is 32.2. The molecule has 0 aromatic heterocycles. The summed E-state index contributed by atoms with van der Waals surface area (Å²) < 4.78 is 27.4. The SMILES string of the molecule is Cc1ccc(S(=O)(=O)Nc2ccc(Sc3ccc([N+](=O)[O-])cc3)cc2)cc1. The van der Waals surface area contributed by atoms with E-state index >= 15 is 0 Å². The third kappa shape index (κ3) is 4.87. The average Bonchev–Trinajstić information content (AvgIpc) is 2.64. The topological polar surface area (TPSA) is 89.3 Å². The van der Waals surface area contributed by atoms with Gasteiger partial charge in [-0.25, -0.2) is 8.42 Å². The third-order valence-corrected chi connectivity index (χ3v) is 6.13. The summed E-state index contributed by atoms with van der Waals surface area (Å²) in [5.74, 6) is 0. The summed E-state index contributed by atoms with van der Waals surface area (Å²) in [6.45, 7) is 1.89. The van der Waals surface area contributed by atoms with Crippen molar-refractivity contribution in [1.29, 1.82) is 0 Å². The predicted molar refractivity (Wildman–Crippen MR) is 106 cm³/mol. The minimum absolute atomic E-state index is 0.0419. The Bertz CT molecular complexity index is 1050. The molecule has 0 saturated heterocycles. The lowest BCUT2D eigenvalue weighted by Gasteiger charge is -2.09. The molecule has 0 atom stereocenters. The molecule has 6 nitrogen and oxygen atoms in total. The number of nitro benzene ring substituents is 1. The molecule has 0 spiro atoms. The van der Waals surface area contributed by atoms with Crippen molar-refractivity contribution in [3.63, 3.8) is 0 Å². The van der Waals surface area contributed by atoms with Gasteiger partial charge < -0.3 is 0 Å². The van der Waals surface area contributed by atoms with E-state index in [1.165, 1.54) is 23.9 Å². The normalized spacial score (nSPS) is 11.1. The molecule has 0 aliphatic rings. The van der Waals surface area contributed by atoms with E-state index in [-0.39, 0.29) is 10.6 Å². The molecule has 0 fully saturated rings. The zero-order chi connectivity index (χ0) is 19.4. The Kier molecular flexibility index (Phi) is 5.48. The second kappa shape index (κ2) is 7.81. The fraction of sp³-hybridized carbons (Fsp3) is 0.0526. The second-order valence-corrected chi connectivity index (χ2v) is 8.63. The molecule has 3 aromatic rings. The van der Waals surface area contributed by atoms with E-state index in [1.54, 1.807) is 60.7 Å². The van der Waals surface area contributed by atoms with Crippen LogP contribution in [0.15, 0.2) is 87.5 Å². The number of sulfonamides is 1. The molecule has 1 N–H and O–H groups in total. The van der Waals surface area contributed by atoms with E-state index in [4.69, 9.17) is 0 Å². The van der Waals surface area contributed by atoms with Crippen molar-refractivity contribution in [1.82, 2.24) is 0 Å². The van der Waals surface area contributed by atoms with Gasteiger partial charge in [0.05, 0.1) is 9.82 Å². The maximum absolute atomic E-state index is 12.4. The minimum Gasteiger partial charge on any atom is -0.280 e. The fourth-order valence-electron chi connectivity index (χ4n) is 2.29. The van der Waals surface area contributed by atoms with Crippen molar-refractivity contribution in [2.45, 2.75) is 21.6 Å². The lowest BCUT2D eigenvalue weighted by molar-refractivity contribution is -0.384. The van der Waals surface area contributed by atoms with Crippen LogP contribution in [0.1, 0.15) is 5.56 Å². The summed E-state index contributed by atoms with van der Waals surface area (Å²) in [4.78, 5) is 12.2. The van der Waals surface area contributed by atoms with Crippen LogP contribution in [0.2, 0.25) is 0 Å². The first-order valence-electron chi connectivity index (χ1n) is 7.95. The Labute approximate surface area is 161 Å². The molecule has 0 bridgehead atoms. The molecule has 3 rings (SSSR count). The summed E-state index contributed by atoms with van der Waals surface area (Å²) in [7, 11) is -3.64. The molecular formula is C19H16N2O4S2. The van der Waals surface area contributed by atoms with Crippen LogP contribution in [0.5, 0.6) is 0 Å². The molecular weight excluding hydrogens is 384 g/mol. The van der Waals surface area contributed by atoms with Gasteiger partial charge in [0.15, 0.2) is 0 Å². The van der Waals surface area contributed by atoms with Gasteiger partial charge in [-0.3, -0.25) is 14.8 Å². The predicted octanol–water partition coefficient (Wildman–Crippen LogP) is 4.86. The highest BCUT2D eigenvalue weighted by Gasteiger charge is 2.13. The van der Waals surface area contributed by atoms with Crippen molar-refractivity contribution in [2.24, 2.45) is 0 Å². The summed E-state index contributed by atoms with van der Waals surface area (Å²) in [6, 6.07) is 19.8. The number of hydrogen-bond donors (Lipinski definition) is 1. The Hall–Kier alpha value is -2.84. The van der Waals surface area contributed by atoms with Crippen LogP contribution in [0.25, 0.3) is 0 Å². The second-order valence-electron chi connectivity index (χ2n) is 5.80. The van der Waals surface area contributed by atoms with Crippen molar-refractivity contribution in [2.75, 3.05) is 4.72 Å². The molecule has 0 saturated carbocycles. The van der Waals surface area contributed by atoms with E-state index in [0.29, 0.717) is 5.69 Å². The van der Waals surface area contributed by atoms with Crippen LogP contribution in [0.4, 0.5) is 11.4 Å². The summed E-state index contributed by atoms with van der Waals surface area (Å²) in [5, 5.41) is 10.7. The van der Waals surface area contributed by atoms with Crippen molar-refractivity contribution in [3.8, 4) is 0 Å². The van der Waals surface area contributed by atoms with Gasteiger partial charge in [0.1, 0.15) is 0 Å². The zero-order valence-electron chi connectivity index (χ0n) is 14.3. The van der Waals surface area contributed by atoms with E-state index in [1.807, 2.05) is 6.92 Å². The van der Waals surface area contributed by atoms with Crippen molar-refractivity contribution >= 4 is 33.2 Å². The zero-order valence-corrected chi connectivity index (χ0v) is 16.0. The number of benzene rings is 3. The average molecular weight is 400 g/mol. The van der Waals surface area contributed by atoms with Crippen LogP contribution in [-0.4, -0.2) is 13.3 Å². The van der Waals surface area contributed by atoms with E-state index in [0.717, 1.165) is 15.4 Å². The molecule has 0 radical (unpaired) electrons. The summed E-state index contributed by atoms with van der Waals surface area (Å²) in [6.07, 6.45) is 0.